The number of nitrogens with one attached hydrogen (secondary N) is 1. The number of nitrogens with zero attached hydrogens (tertiary/aromatic N) is 7. The molecule has 5 aromatic rings. The second-order valence-corrected chi connectivity index (χ2v) is 9.50. The molecule has 2 aromatic heterocycles. The molecular weight excluding hydrogens is 550 g/mol. The fourth-order valence-corrected chi connectivity index (χ4v) is 4.58. The van der Waals surface area contributed by atoms with E-state index in [1.165, 1.54) is 10.9 Å². The summed E-state index contributed by atoms with van der Waals surface area (Å²) >= 11 is 0. The van der Waals surface area contributed by atoms with Crippen LogP contribution in [0.15, 0.2) is 70.4 Å². The molecule has 43 heavy (non-hydrogen) atoms. The third kappa shape index (κ3) is 6.62. The van der Waals surface area contributed by atoms with Gasteiger partial charge < -0.3 is 15.2 Å². The molecule has 0 atom stereocenters. The molecule has 0 spiro atoms. The van der Waals surface area contributed by atoms with Gasteiger partial charge in [-0.2, -0.15) is 9.78 Å². The molecule has 1 amide bonds. The van der Waals surface area contributed by atoms with Crippen molar-refractivity contribution in [1.82, 2.24) is 35.6 Å². The van der Waals surface area contributed by atoms with E-state index in [-0.39, 0.29) is 17.3 Å². The molecule has 0 saturated carbocycles. The highest BCUT2D eigenvalue weighted by atomic mass is 16.6. The van der Waals surface area contributed by atoms with Crippen LogP contribution >= 0.6 is 0 Å². The summed E-state index contributed by atoms with van der Waals surface area (Å²) in [7, 11) is 0. The number of aromatic nitrogens is 5. The number of hydrogen-bond acceptors (Lipinski definition) is 11. The molecule has 0 saturated heterocycles. The van der Waals surface area contributed by atoms with Crippen molar-refractivity contribution in [1.29, 1.82) is 0 Å². The molecular formula is C30H33N9O4. The van der Waals surface area contributed by atoms with Gasteiger partial charge >= 0.3 is 0 Å². The van der Waals surface area contributed by atoms with E-state index >= 15 is 0 Å². The minimum Gasteiger partial charge on any atom is -0.490 e. The van der Waals surface area contributed by atoms with Gasteiger partial charge in [0.1, 0.15) is 12.3 Å². The highest BCUT2D eigenvalue weighted by molar-refractivity contribution is 5.95. The summed E-state index contributed by atoms with van der Waals surface area (Å²) in [6, 6.07) is 19.8. The van der Waals surface area contributed by atoms with Crippen molar-refractivity contribution in [3.63, 3.8) is 0 Å². The minimum absolute atomic E-state index is 0.0250. The summed E-state index contributed by atoms with van der Waals surface area (Å²) in [6.45, 7) is 8.70. The van der Waals surface area contributed by atoms with E-state index in [1.54, 1.807) is 6.07 Å². The molecule has 0 aliphatic rings. The van der Waals surface area contributed by atoms with Gasteiger partial charge in [0.15, 0.2) is 17.2 Å². The standard InChI is InChI=1S/C30H33N9O4/c1-4-38(5-2)18-24-27(39(37-33-24)29-28(31)35-43-36-29)30(40)34-32-17-20-14-15-25(26(16-20)41-6-3)42-19-22-12-9-11-21-10-7-8-13-23(21)22/h7-17H,4-6,18-19H2,1-3H3,(H2,31,35)(H,34,40)/b32-17+. The van der Waals surface area contributed by atoms with E-state index in [0.29, 0.717) is 42.5 Å². The first kappa shape index (κ1) is 29.2. The van der Waals surface area contributed by atoms with Crippen LogP contribution in [0, 0.1) is 0 Å². The molecule has 0 unspecified atom stereocenters. The zero-order valence-corrected chi connectivity index (χ0v) is 24.2. The number of anilines is 1. The summed E-state index contributed by atoms with van der Waals surface area (Å²) in [4.78, 5) is 15.4. The van der Waals surface area contributed by atoms with Gasteiger partial charge in [-0.15, -0.1) is 5.10 Å². The van der Waals surface area contributed by atoms with Gasteiger partial charge in [-0.1, -0.05) is 61.5 Å². The number of fused-ring (bicyclic) bond motifs is 1. The van der Waals surface area contributed by atoms with E-state index in [0.717, 1.165) is 29.4 Å². The number of rotatable bonds is 13. The van der Waals surface area contributed by atoms with Crippen LogP contribution in [-0.2, 0) is 13.2 Å². The summed E-state index contributed by atoms with van der Waals surface area (Å²) < 4.78 is 17.9. The monoisotopic (exact) mass is 583 g/mol. The largest absolute Gasteiger partial charge is 0.490 e. The fourth-order valence-electron chi connectivity index (χ4n) is 4.58. The zero-order valence-electron chi connectivity index (χ0n) is 24.2. The SMILES string of the molecule is CCOc1cc(/C=N/NC(=O)c2c(CN(CC)CC)nnn2-c2nonc2N)ccc1OCc1cccc2ccccc12. The van der Waals surface area contributed by atoms with Crippen molar-refractivity contribution in [2.24, 2.45) is 5.10 Å². The third-order valence-corrected chi connectivity index (χ3v) is 6.83. The van der Waals surface area contributed by atoms with Crippen molar-refractivity contribution < 1.29 is 18.9 Å². The molecule has 2 heterocycles. The van der Waals surface area contributed by atoms with Crippen molar-refractivity contribution in [3.8, 4) is 17.3 Å². The van der Waals surface area contributed by atoms with Crippen LogP contribution in [0.2, 0.25) is 0 Å². The van der Waals surface area contributed by atoms with Crippen molar-refractivity contribution >= 4 is 28.7 Å². The van der Waals surface area contributed by atoms with Crippen molar-refractivity contribution in [2.45, 2.75) is 33.9 Å². The summed E-state index contributed by atoms with van der Waals surface area (Å²) in [6.07, 6.45) is 1.51. The van der Waals surface area contributed by atoms with Gasteiger partial charge in [0.2, 0.25) is 11.6 Å². The predicted octanol–water partition coefficient (Wildman–Crippen LogP) is 3.97. The van der Waals surface area contributed by atoms with Gasteiger partial charge in [-0.3, -0.25) is 9.69 Å². The van der Waals surface area contributed by atoms with E-state index in [1.807, 2.05) is 51.1 Å². The van der Waals surface area contributed by atoms with Crippen LogP contribution < -0.4 is 20.6 Å². The average molecular weight is 584 g/mol. The van der Waals surface area contributed by atoms with Crippen LogP contribution in [0.25, 0.3) is 16.6 Å². The Hall–Kier alpha value is -5.30. The van der Waals surface area contributed by atoms with Crippen LogP contribution in [0.5, 0.6) is 11.5 Å². The van der Waals surface area contributed by atoms with Gasteiger partial charge in [0, 0.05) is 6.54 Å². The number of carbonyl (C=O) groups excluding carboxylic acids is 1. The Balaban J connectivity index is 1.32. The quantitative estimate of drug-likeness (QED) is 0.153. The number of hydrazone groups is 1. The first-order valence-electron chi connectivity index (χ1n) is 14.0. The molecule has 0 fully saturated rings. The lowest BCUT2D eigenvalue weighted by Gasteiger charge is -2.16. The number of nitrogens with two attached hydrogens (primary N) is 1. The summed E-state index contributed by atoms with van der Waals surface area (Å²) in [5, 5.41) is 22.1. The normalized spacial score (nSPS) is 11.4. The lowest BCUT2D eigenvalue weighted by Crippen LogP contribution is -2.27. The zero-order chi connectivity index (χ0) is 30.2. The maximum absolute atomic E-state index is 13.3. The topological polar surface area (TPSA) is 159 Å². The smallest absolute Gasteiger partial charge is 0.292 e. The highest BCUT2D eigenvalue weighted by Crippen LogP contribution is 2.30. The number of hydrogen-bond donors (Lipinski definition) is 2. The minimum atomic E-state index is -0.550. The fraction of sp³-hybridized carbons (Fsp3) is 0.267. The molecule has 3 N–H and O–H groups in total. The van der Waals surface area contributed by atoms with Crippen LogP contribution in [0.1, 0.15) is 48.1 Å². The lowest BCUT2D eigenvalue weighted by molar-refractivity contribution is 0.0945. The molecule has 3 aromatic carbocycles. The van der Waals surface area contributed by atoms with Crippen LogP contribution in [0.4, 0.5) is 5.82 Å². The highest BCUT2D eigenvalue weighted by Gasteiger charge is 2.25. The third-order valence-electron chi connectivity index (χ3n) is 6.83. The van der Waals surface area contributed by atoms with Crippen LogP contribution in [0.3, 0.4) is 0 Å². The maximum Gasteiger partial charge on any atom is 0.292 e. The Morgan fingerprint density at radius 3 is 2.63 bits per heavy atom. The molecule has 5 rings (SSSR count). The van der Waals surface area contributed by atoms with Gasteiger partial charge in [0.05, 0.1) is 12.8 Å². The number of amides is 1. The summed E-state index contributed by atoms with van der Waals surface area (Å²) in [5.74, 6) is 0.656. The lowest BCUT2D eigenvalue weighted by atomic mass is 10.1. The van der Waals surface area contributed by atoms with E-state index in [2.05, 4.69) is 60.3 Å². The Kier molecular flexibility index (Phi) is 9.22. The number of nitrogen functional groups attached to an aromatic ring is 1. The number of benzene rings is 3. The molecule has 0 aliphatic heterocycles. The van der Waals surface area contributed by atoms with Gasteiger partial charge in [-0.05, 0) is 70.4 Å². The van der Waals surface area contributed by atoms with Crippen molar-refractivity contribution in [3.05, 3.63) is 83.2 Å². The first-order chi connectivity index (χ1) is 21.0. The van der Waals surface area contributed by atoms with E-state index in [9.17, 15) is 4.79 Å². The molecule has 222 valence electrons. The Labute approximate surface area is 248 Å². The van der Waals surface area contributed by atoms with Gasteiger partial charge in [-0.25, -0.2) is 10.1 Å². The maximum atomic E-state index is 13.3. The van der Waals surface area contributed by atoms with E-state index < -0.39 is 5.91 Å². The Morgan fingerprint density at radius 1 is 1.05 bits per heavy atom. The molecule has 0 aliphatic carbocycles. The first-order valence-corrected chi connectivity index (χ1v) is 14.0. The molecule has 13 heteroatoms. The second-order valence-electron chi connectivity index (χ2n) is 9.50. The second kappa shape index (κ2) is 13.6. The van der Waals surface area contributed by atoms with Crippen molar-refractivity contribution in [2.75, 3.05) is 25.4 Å². The predicted molar refractivity (Wildman–Crippen MR) is 161 cm³/mol. The Bertz CT molecular complexity index is 1720. The van der Waals surface area contributed by atoms with E-state index in [4.69, 9.17) is 19.8 Å². The number of carbonyl (C=O) groups is 1. The summed E-state index contributed by atoms with van der Waals surface area (Å²) in [5.41, 5.74) is 10.7. The van der Waals surface area contributed by atoms with Crippen LogP contribution in [-0.4, -0.2) is 62.0 Å². The molecule has 0 radical (unpaired) electrons. The molecule has 0 bridgehead atoms. The average Bonchev–Trinajstić information content (AvgIpc) is 3.64. The Morgan fingerprint density at radius 2 is 1.86 bits per heavy atom. The molecule has 13 nitrogen and oxygen atoms in total. The van der Waals surface area contributed by atoms with Gasteiger partial charge in [0.25, 0.3) is 5.91 Å². The number of ether oxygens (including phenoxy) is 2.